The predicted molar refractivity (Wildman–Crippen MR) is 132 cm³/mol. The van der Waals surface area contributed by atoms with Crippen LogP contribution in [0.5, 0.6) is 0 Å². The zero-order chi connectivity index (χ0) is 26.7. The molecule has 0 heterocycles. The monoisotopic (exact) mass is 503 g/mol. The van der Waals surface area contributed by atoms with Crippen molar-refractivity contribution in [3.63, 3.8) is 0 Å². The molecule has 0 aromatic rings. The Kier molecular flexibility index (Phi) is 13.5. The van der Waals surface area contributed by atoms with Crippen molar-refractivity contribution >= 4 is 37.2 Å². The molecule has 196 valence electrons. The van der Waals surface area contributed by atoms with Crippen LogP contribution in [-0.2, 0) is 24.0 Å². The fourth-order valence-electron chi connectivity index (χ4n) is 3.64. The third-order valence-corrected chi connectivity index (χ3v) is 6.86. The Labute approximate surface area is 203 Å². The zero-order valence-electron chi connectivity index (χ0n) is 21.5. The first-order chi connectivity index (χ1) is 15.5. The molecule has 10 nitrogen and oxygen atoms in total. The molecule has 0 aliphatic rings. The molecule has 0 aromatic heterocycles. The Morgan fingerprint density at radius 2 is 1.47 bits per heavy atom. The molecule has 0 saturated carbocycles. The van der Waals surface area contributed by atoms with Crippen LogP contribution in [0.25, 0.3) is 0 Å². The van der Waals surface area contributed by atoms with Gasteiger partial charge in [-0.05, 0) is 74.3 Å². The quantitative estimate of drug-likeness (QED) is 0.149. The number of rotatable bonds is 17. The van der Waals surface area contributed by atoms with Gasteiger partial charge in [-0.1, -0.05) is 13.8 Å². The fourth-order valence-corrected chi connectivity index (χ4v) is 4.52. The number of nitrogens with one attached hydrogen (secondary N) is 3. The normalized spacial score (nSPS) is 13.8. The van der Waals surface area contributed by atoms with E-state index < -0.39 is 42.6 Å². The molecule has 0 fully saturated rings. The van der Waals surface area contributed by atoms with Gasteiger partial charge in [0.05, 0.1) is 11.5 Å². The highest BCUT2D eigenvalue weighted by Gasteiger charge is 2.40. The van der Waals surface area contributed by atoms with Crippen LogP contribution in [0.1, 0.15) is 66.2 Å². The first-order valence-electron chi connectivity index (χ1n) is 11.5. The van der Waals surface area contributed by atoms with E-state index in [1.54, 1.807) is 20.9 Å². The summed E-state index contributed by atoms with van der Waals surface area (Å²) in [4.78, 5) is 59.8. The summed E-state index contributed by atoms with van der Waals surface area (Å²) < 4.78 is 0. The highest BCUT2D eigenvalue weighted by atomic mass is 31.1. The van der Waals surface area contributed by atoms with Gasteiger partial charge in [0.2, 0.25) is 11.8 Å². The van der Waals surface area contributed by atoms with Crippen LogP contribution >= 0.6 is 7.92 Å². The molecule has 0 aliphatic heterocycles. The third-order valence-electron chi connectivity index (χ3n) is 5.67. The van der Waals surface area contributed by atoms with Crippen molar-refractivity contribution in [2.75, 3.05) is 26.9 Å². The number of aliphatic carboxylic acids is 2. The summed E-state index contributed by atoms with van der Waals surface area (Å²) >= 11 is 0. The average Bonchev–Trinajstić information content (AvgIpc) is 2.71. The summed E-state index contributed by atoms with van der Waals surface area (Å²) in [5, 5.41) is 27.0. The number of unbranched alkanes of at least 4 members (excludes halogenated alkanes) is 1. The molecule has 0 unspecified atom stereocenters. The standard InChI is InChI=1S/C23H42N3O7P/c1-22(2,14-23(3,4)21(32)33)20(31)26-15(18(28)29)11-12-17(27)25-13-9-8-10-16(24-5)19(30)34(6)7/h15-16,24H,8-14H2,1-7H3,(H,25,27)(H,26,31)(H,28,29)(H,32,33)/t15-,16-/m0/s1. The van der Waals surface area contributed by atoms with E-state index in [9.17, 15) is 34.2 Å². The number of carbonyl (C=O) groups excluding carboxylic acids is 3. The molecule has 0 radical (unpaired) electrons. The van der Waals surface area contributed by atoms with Crippen LogP contribution in [0, 0.1) is 10.8 Å². The molecular weight excluding hydrogens is 461 g/mol. The number of hydrogen-bond acceptors (Lipinski definition) is 6. The number of hydrogen-bond donors (Lipinski definition) is 5. The first-order valence-corrected chi connectivity index (χ1v) is 13.7. The Hall–Kier alpha value is -2.06. The molecule has 2 atom stereocenters. The Bertz CT molecular complexity index is 738. The van der Waals surface area contributed by atoms with Gasteiger partial charge in [0.15, 0.2) is 5.52 Å². The fraction of sp³-hybridized carbons (Fsp3) is 0.783. The molecule has 0 aliphatic carbocycles. The Balaban J connectivity index is 4.57. The summed E-state index contributed by atoms with van der Waals surface area (Å²) in [7, 11) is 1.10. The molecular formula is C23H42N3O7P. The third kappa shape index (κ3) is 11.4. The van der Waals surface area contributed by atoms with Crippen molar-refractivity contribution in [2.24, 2.45) is 10.8 Å². The summed E-state index contributed by atoms with van der Waals surface area (Å²) in [6.07, 6.45) is 2.00. The molecule has 5 N–H and O–H groups in total. The second-order valence-electron chi connectivity index (χ2n) is 10.1. The van der Waals surface area contributed by atoms with Gasteiger partial charge in [-0.2, -0.15) is 0 Å². The molecule has 0 bridgehead atoms. The van der Waals surface area contributed by atoms with Crippen LogP contribution in [0.2, 0.25) is 0 Å². The molecule has 11 heteroatoms. The lowest BCUT2D eigenvalue weighted by molar-refractivity contribution is -0.151. The van der Waals surface area contributed by atoms with Gasteiger partial charge >= 0.3 is 11.9 Å². The van der Waals surface area contributed by atoms with Crippen LogP contribution < -0.4 is 16.0 Å². The second kappa shape index (κ2) is 14.4. The molecule has 0 saturated heterocycles. The van der Waals surface area contributed by atoms with Crippen molar-refractivity contribution in [1.29, 1.82) is 0 Å². The summed E-state index contributed by atoms with van der Waals surface area (Å²) in [6, 6.07) is -1.44. The second-order valence-corrected chi connectivity index (χ2v) is 12.3. The van der Waals surface area contributed by atoms with Crippen LogP contribution in [0.3, 0.4) is 0 Å². The summed E-state index contributed by atoms with van der Waals surface area (Å²) in [5.74, 6) is -3.21. The highest BCUT2D eigenvalue weighted by molar-refractivity contribution is 7.73. The topological polar surface area (TPSA) is 162 Å². The van der Waals surface area contributed by atoms with Gasteiger partial charge in [-0.15, -0.1) is 0 Å². The minimum absolute atomic E-state index is 0.0200. The highest BCUT2D eigenvalue weighted by Crippen LogP contribution is 2.34. The van der Waals surface area contributed by atoms with Crippen LogP contribution in [0.4, 0.5) is 0 Å². The van der Waals surface area contributed by atoms with E-state index in [1.807, 2.05) is 13.3 Å². The minimum atomic E-state index is -1.26. The van der Waals surface area contributed by atoms with Crippen LogP contribution in [0.15, 0.2) is 0 Å². The van der Waals surface area contributed by atoms with Crippen LogP contribution in [-0.4, -0.2) is 78.5 Å². The maximum atomic E-state index is 12.6. The Morgan fingerprint density at radius 3 is 1.94 bits per heavy atom. The van der Waals surface area contributed by atoms with Gasteiger partial charge in [-0.25, -0.2) is 4.79 Å². The van der Waals surface area contributed by atoms with Gasteiger partial charge in [0, 0.05) is 18.4 Å². The van der Waals surface area contributed by atoms with Gasteiger partial charge in [-0.3, -0.25) is 19.2 Å². The van der Waals surface area contributed by atoms with E-state index in [0.29, 0.717) is 19.4 Å². The lowest BCUT2D eigenvalue weighted by Gasteiger charge is -2.32. The van der Waals surface area contributed by atoms with Crippen molar-refractivity contribution in [1.82, 2.24) is 16.0 Å². The van der Waals surface area contributed by atoms with E-state index in [4.69, 9.17) is 0 Å². The predicted octanol–water partition coefficient (Wildman–Crippen LogP) is 2.01. The number of amides is 2. The van der Waals surface area contributed by atoms with E-state index in [2.05, 4.69) is 16.0 Å². The van der Waals surface area contributed by atoms with Gasteiger partial charge < -0.3 is 26.2 Å². The smallest absolute Gasteiger partial charge is 0.326 e. The van der Waals surface area contributed by atoms with Gasteiger partial charge in [0.25, 0.3) is 0 Å². The lowest BCUT2D eigenvalue weighted by Crippen LogP contribution is -2.48. The van der Waals surface area contributed by atoms with Crippen molar-refractivity contribution < 1.29 is 34.2 Å². The van der Waals surface area contributed by atoms with Crippen molar-refractivity contribution in [2.45, 2.75) is 78.3 Å². The Morgan fingerprint density at radius 1 is 0.882 bits per heavy atom. The summed E-state index contributed by atoms with van der Waals surface area (Å²) in [5.41, 5.74) is -2.05. The van der Waals surface area contributed by atoms with Gasteiger partial charge in [0.1, 0.15) is 6.04 Å². The molecule has 34 heavy (non-hydrogen) atoms. The molecule has 0 rings (SSSR count). The molecule has 0 spiro atoms. The number of carboxylic acid groups (broad SMARTS) is 2. The van der Waals surface area contributed by atoms with E-state index in [-0.39, 0.29) is 36.7 Å². The maximum absolute atomic E-state index is 12.6. The first kappa shape index (κ1) is 31.9. The zero-order valence-corrected chi connectivity index (χ0v) is 22.4. The van der Waals surface area contributed by atoms with Crippen molar-refractivity contribution in [3.05, 3.63) is 0 Å². The molecule has 0 aromatic carbocycles. The van der Waals surface area contributed by atoms with Crippen molar-refractivity contribution in [3.8, 4) is 0 Å². The maximum Gasteiger partial charge on any atom is 0.326 e. The number of likely N-dealkylation sites (N-methyl/N-ethyl adjacent to an activating group) is 1. The average molecular weight is 504 g/mol. The lowest BCUT2D eigenvalue weighted by atomic mass is 9.74. The molecule has 2 amide bonds. The SMILES string of the molecule is CN[C@@H](CCCCNC(=O)CC[C@H](NC(=O)C(C)(C)CC(C)(C)C(=O)O)C(=O)O)C(=O)P(C)C. The summed E-state index contributed by atoms with van der Waals surface area (Å²) in [6.45, 7) is 10.4. The van der Waals surface area contributed by atoms with E-state index >= 15 is 0 Å². The largest absolute Gasteiger partial charge is 0.481 e. The number of carbonyl (C=O) groups is 5. The van der Waals surface area contributed by atoms with E-state index in [1.165, 1.54) is 13.8 Å². The van der Waals surface area contributed by atoms with E-state index in [0.717, 1.165) is 6.42 Å². The minimum Gasteiger partial charge on any atom is -0.481 e. The number of carboxylic acids is 2.